The number of para-hydroxylation sites is 1. The second-order valence-corrected chi connectivity index (χ2v) is 38.8. The number of carbonyl (C=O) groups excluding carboxylic acids is 20. The van der Waals surface area contributed by atoms with Crippen LogP contribution in [0.3, 0.4) is 0 Å². The molecule has 2 aromatic carbocycles. The molecule has 53 nitrogen and oxygen atoms in total. The number of hydrogen-bond donors (Lipinski definition) is 27. The number of rotatable bonds is 61. The summed E-state index contributed by atoms with van der Waals surface area (Å²) in [7, 11) is 0. The molecule has 20 atom stereocenters. The average Bonchev–Trinajstić information content (AvgIpc) is 1.75. The number of hydrogen-bond acceptors (Lipinski definition) is 28. The predicted molar refractivity (Wildman–Crippen MR) is 527 cm³/mol. The first-order chi connectivity index (χ1) is 69.8. The van der Waals surface area contributed by atoms with E-state index in [2.05, 4.69) is 84.7 Å². The van der Waals surface area contributed by atoms with Crippen molar-refractivity contribution < 1.29 is 151 Å². The minimum absolute atomic E-state index is 0.0121. The highest BCUT2D eigenvalue weighted by atomic mass is 16.4. The standard InChI is InChI=1S/C96H144N22O31/c1-44(2)34-59(84(136)109-63(39-73(129)130)86(138)103-58(29-31-71(125)126)83(135)108-62(38-72(127)128)81(133)101-42-70(124)112-77(51(13)120)92(144)116-78(52(14)121)93(145)114-75(47(7)8)91(143)110-64(96(148)149)35-45(3)4)106-85(137)61(37-54-40-99-56-25-19-18-24-55(54)56)107-82(134)57(28-30-68(98)122)104-90(142)74(46(5)6)113-87(139)65(43-119)111-88(140)66-26-21-33-118(66)95(147)76(48(9)10)115-89(141)67-27-20-32-117(67)94(146)50(12)102-69(123)41-100-80(132)60(105-79(131)49(11)97)36-53-22-16-15-17-23-53/h15-19,22-25,40,44-52,57-67,74-78,99,119-121H,20-21,26-39,41-43,97H2,1-14H3,(H2,98,122)(H,100,132)(H,101,133)(H,102,123)(H,103,138)(H,104,142)(H,105,131)(H,106,137)(H,107,134)(H,108,135)(H,109,136)(H,110,143)(H,111,140)(H,112,124)(H,113,139)(H,114,145)(H,115,141)(H,116,144)(H,125,126)(H,127,128)(H,129,130)(H,148,149)/t49-,50-,51+,52+,57-,58-,59-,60-,61-,62-,63-,64-,65-,66-,67-,74-,75-,76-,77-,78-/m0/s1. The van der Waals surface area contributed by atoms with Crippen LogP contribution in [-0.4, -0.2) is 346 Å². The van der Waals surface area contributed by atoms with Crippen LogP contribution in [0.4, 0.5) is 0 Å². The molecule has 3 heterocycles. The average molecular weight is 2100 g/mol. The summed E-state index contributed by atoms with van der Waals surface area (Å²) in [6, 6.07) is -13.9. The van der Waals surface area contributed by atoms with Gasteiger partial charge >= 0.3 is 23.9 Å². The third kappa shape index (κ3) is 40.0. The summed E-state index contributed by atoms with van der Waals surface area (Å²) in [4.78, 5) is 333. The van der Waals surface area contributed by atoms with Crippen molar-refractivity contribution in [1.29, 1.82) is 0 Å². The molecule has 29 N–H and O–H groups in total. The summed E-state index contributed by atoms with van der Waals surface area (Å²) < 4.78 is 0. The first kappa shape index (κ1) is 125. The van der Waals surface area contributed by atoms with Gasteiger partial charge in [0, 0.05) is 55.9 Å². The highest BCUT2D eigenvalue weighted by Crippen LogP contribution is 2.26. The molecular formula is C96H144N22O31. The highest BCUT2D eigenvalue weighted by Gasteiger charge is 2.46. The number of carbonyl (C=O) groups is 24. The third-order valence-electron chi connectivity index (χ3n) is 24.3. The van der Waals surface area contributed by atoms with E-state index < -0.39 is 351 Å². The van der Waals surface area contributed by atoms with Gasteiger partial charge in [0.15, 0.2) is 0 Å². The molecule has 2 saturated heterocycles. The van der Waals surface area contributed by atoms with Gasteiger partial charge in [0.1, 0.15) is 103 Å². The van der Waals surface area contributed by atoms with Crippen molar-refractivity contribution in [2.24, 2.45) is 41.1 Å². The molecule has 5 rings (SSSR count). The molecule has 20 amide bonds. The minimum Gasteiger partial charge on any atom is -0.481 e. The lowest BCUT2D eigenvalue weighted by Crippen LogP contribution is -2.62. The minimum atomic E-state index is -2.25. The first-order valence-electron chi connectivity index (χ1n) is 49.0. The molecule has 2 aliphatic rings. The molecule has 0 saturated carbocycles. The van der Waals surface area contributed by atoms with E-state index in [1.807, 2.05) is 10.6 Å². The molecule has 2 fully saturated rings. The molecule has 0 unspecified atom stereocenters. The maximum atomic E-state index is 15.1. The monoisotopic (exact) mass is 2100 g/mol. The SMILES string of the molecule is CC(C)C[C@H](NC(=O)[C@@H](NC(=O)[C@@H](NC(=O)[C@@H](NC(=O)CNC(=O)[C@H](CC(=O)O)NC(=O)[C@H](CCC(=O)O)NC(=O)[C@H](CC(=O)O)NC(=O)[C@H](CC(C)C)NC(=O)[C@H](Cc1c[nH]c2ccccc12)NC(=O)[C@H](CCC(N)=O)NC(=O)[C@@H](NC(=O)[C@H](CO)NC(=O)[C@@H]1CCCN1C(=O)[C@@H](NC(=O)[C@@H]1CCCN1C(=O)[C@H](C)NC(=O)CNC(=O)[C@H](Cc1ccccc1)NC(=O)[C@H](C)N)C(C)C)C(C)C)[C@@H](C)O)[C@@H](C)O)C(C)C)C(=O)O. The number of H-pyrrole nitrogens is 1. The van der Waals surface area contributed by atoms with Gasteiger partial charge in [0.25, 0.3) is 0 Å². The number of nitrogens with zero attached hydrogens (tertiary/aromatic N) is 2. The number of aromatic amines is 1. The smallest absolute Gasteiger partial charge is 0.326 e. The molecule has 149 heavy (non-hydrogen) atoms. The van der Waals surface area contributed by atoms with Gasteiger partial charge in [-0.1, -0.05) is 118 Å². The zero-order valence-corrected chi connectivity index (χ0v) is 85.6. The quantitative estimate of drug-likeness (QED) is 0.0250. The number of nitrogens with one attached hydrogen (secondary N) is 18. The number of carboxylic acid groups (broad SMARTS) is 4. The molecule has 1 aromatic heterocycles. The van der Waals surface area contributed by atoms with E-state index in [4.69, 9.17) is 11.5 Å². The van der Waals surface area contributed by atoms with Gasteiger partial charge in [-0.05, 0) is 126 Å². The molecule has 0 spiro atoms. The predicted octanol–water partition coefficient (Wildman–Crippen LogP) is -7.21. The van der Waals surface area contributed by atoms with E-state index in [0.717, 1.165) is 13.8 Å². The Morgan fingerprint density at radius 2 is 0.772 bits per heavy atom. The fourth-order valence-corrected chi connectivity index (χ4v) is 16.3. The number of aromatic nitrogens is 1. The Hall–Kier alpha value is -14.9. The van der Waals surface area contributed by atoms with Gasteiger partial charge < -0.3 is 152 Å². The molecule has 0 bridgehead atoms. The molecule has 2 aliphatic heterocycles. The van der Waals surface area contributed by atoms with Crippen LogP contribution in [0.15, 0.2) is 60.8 Å². The summed E-state index contributed by atoms with van der Waals surface area (Å²) in [6.07, 6.45) is -7.70. The van der Waals surface area contributed by atoms with Crippen molar-refractivity contribution in [1.82, 2.24) is 105 Å². The lowest BCUT2D eigenvalue weighted by Gasteiger charge is -2.33. The zero-order chi connectivity index (χ0) is 112. The molecule has 824 valence electrons. The van der Waals surface area contributed by atoms with Crippen molar-refractivity contribution in [2.45, 2.75) is 308 Å². The van der Waals surface area contributed by atoms with Gasteiger partial charge in [-0.3, -0.25) is 110 Å². The molecular weight excluding hydrogens is 1960 g/mol. The lowest BCUT2D eigenvalue weighted by atomic mass is 9.99. The topological polar surface area (TPSA) is 830 Å². The van der Waals surface area contributed by atoms with Crippen LogP contribution in [0, 0.1) is 29.6 Å². The lowest BCUT2D eigenvalue weighted by molar-refractivity contribution is -0.145. The number of aliphatic carboxylic acids is 4. The van der Waals surface area contributed by atoms with Gasteiger partial charge in [0.2, 0.25) is 118 Å². The van der Waals surface area contributed by atoms with E-state index in [0.29, 0.717) is 28.5 Å². The maximum Gasteiger partial charge on any atom is 0.326 e. The fourth-order valence-electron chi connectivity index (χ4n) is 16.3. The van der Waals surface area contributed by atoms with Gasteiger partial charge in [-0.2, -0.15) is 0 Å². The second-order valence-electron chi connectivity index (χ2n) is 38.8. The highest BCUT2D eigenvalue weighted by molar-refractivity contribution is 6.03. The van der Waals surface area contributed by atoms with E-state index in [9.17, 15) is 146 Å². The Kier molecular flexibility index (Phi) is 50.0. The zero-order valence-electron chi connectivity index (χ0n) is 85.6. The number of aliphatic hydroxyl groups excluding tert-OH is 3. The Morgan fingerprint density at radius 1 is 0.383 bits per heavy atom. The van der Waals surface area contributed by atoms with Crippen molar-refractivity contribution in [3.63, 3.8) is 0 Å². The Balaban J connectivity index is 1.30. The number of likely N-dealkylation sites (tertiary alicyclic amines) is 2. The Bertz CT molecular complexity index is 5260. The first-order valence-corrected chi connectivity index (χ1v) is 49.0. The molecule has 0 radical (unpaired) electrons. The van der Waals surface area contributed by atoms with Crippen LogP contribution >= 0.6 is 0 Å². The van der Waals surface area contributed by atoms with E-state index in [1.165, 1.54) is 57.5 Å². The number of aliphatic hydroxyl groups is 3. The van der Waals surface area contributed by atoms with Crippen molar-refractivity contribution in [2.75, 3.05) is 32.8 Å². The van der Waals surface area contributed by atoms with Crippen LogP contribution < -0.4 is 102 Å². The largest absolute Gasteiger partial charge is 0.481 e. The van der Waals surface area contributed by atoms with E-state index >= 15 is 4.79 Å². The van der Waals surface area contributed by atoms with Crippen LogP contribution in [0.25, 0.3) is 10.9 Å². The molecule has 3 aromatic rings. The number of benzene rings is 2. The molecule has 53 heteroatoms. The normalized spacial score (nSPS) is 17.0. The Labute approximate surface area is 858 Å². The summed E-state index contributed by atoms with van der Waals surface area (Å²) >= 11 is 0. The Morgan fingerprint density at radius 3 is 1.26 bits per heavy atom. The summed E-state index contributed by atoms with van der Waals surface area (Å²) in [5.74, 6) is -30.9. The molecule has 0 aliphatic carbocycles. The van der Waals surface area contributed by atoms with Crippen molar-refractivity contribution in [3.8, 4) is 0 Å². The van der Waals surface area contributed by atoms with Crippen molar-refractivity contribution in [3.05, 3.63) is 71.9 Å². The summed E-state index contributed by atoms with van der Waals surface area (Å²) in [6.45, 7) is 17.8. The van der Waals surface area contributed by atoms with Crippen LogP contribution in [0.1, 0.15) is 185 Å². The van der Waals surface area contributed by atoms with Crippen molar-refractivity contribution >= 4 is 153 Å². The maximum absolute atomic E-state index is 15.1. The number of primary amides is 1. The van der Waals surface area contributed by atoms with E-state index in [1.54, 1.807) is 96.1 Å². The third-order valence-corrected chi connectivity index (χ3v) is 24.3. The van der Waals surface area contributed by atoms with Gasteiger partial charge in [-0.25, -0.2) is 4.79 Å². The number of nitrogens with two attached hydrogens (primary N) is 2. The summed E-state index contributed by atoms with van der Waals surface area (Å²) in [5, 5.41) is 112. The fraction of sp³-hybridized carbons (Fsp3) is 0.604. The van der Waals surface area contributed by atoms with E-state index in [-0.39, 0.29) is 57.5 Å². The van der Waals surface area contributed by atoms with Crippen LogP contribution in [0.2, 0.25) is 0 Å². The van der Waals surface area contributed by atoms with Gasteiger partial charge in [0.05, 0.1) is 50.8 Å². The van der Waals surface area contributed by atoms with Crippen LogP contribution in [0.5, 0.6) is 0 Å². The van der Waals surface area contributed by atoms with Crippen LogP contribution in [-0.2, 0) is 128 Å². The summed E-state index contributed by atoms with van der Waals surface area (Å²) in [5.41, 5.74) is 12.9. The number of amides is 20. The van der Waals surface area contributed by atoms with Gasteiger partial charge in [-0.15, -0.1) is 0 Å². The number of fused-ring (bicyclic) bond motifs is 1. The number of carboxylic acids is 4. The second kappa shape index (κ2) is 59.8.